The van der Waals surface area contributed by atoms with E-state index >= 15 is 0 Å². The number of likely N-dealkylation sites (N-methyl/N-ethyl adjacent to an activating group) is 1. The first kappa shape index (κ1) is 19.0. The summed E-state index contributed by atoms with van der Waals surface area (Å²) >= 11 is 1.43. The van der Waals surface area contributed by atoms with Gasteiger partial charge in [-0.25, -0.2) is 0 Å². The number of para-hydroxylation sites is 1. The van der Waals surface area contributed by atoms with Crippen molar-refractivity contribution in [1.82, 2.24) is 0 Å². The van der Waals surface area contributed by atoms with Crippen LogP contribution in [0.2, 0.25) is 0 Å². The molecular weight excluding hydrogens is 330 g/mol. The fraction of sp³-hybridized carbons (Fsp3) is 0.300. The fourth-order valence-corrected chi connectivity index (χ4v) is 3.38. The number of hydrogen-bond donors (Lipinski definition) is 2. The number of amides is 1. The lowest BCUT2D eigenvalue weighted by atomic mass is 10.1. The number of nitriles is 1. The first-order valence-corrected chi connectivity index (χ1v) is 9.24. The van der Waals surface area contributed by atoms with E-state index in [-0.39, 0.29) is 5.91 Å². The smallest absolute Gasteiger partial charge is 0.279 e. The van der Waals surface area contributed by atoms with Crippen molar-refractivity contribution in [1.29, 1.82) is 5.26 Å². The second kappa shape index (κ2) is 9.26. The maximum Gasteiger partial charge on any atom is 0.279 e. The van der Waals surface area contributed by atoms with E-state index in [2.05, 4.69) is 43.4 Å². The highest BCUT2D eigenvalue weighted by atomic mass is 32.2. The van der Waals surface area contributed by atoms with Gasteiger partial charge in [-0.15, -0.1) is 11.8 Å². The summed E-state index contributed by atoms with van der Waals surface area (Å²) in [6.45, 7) is 5.40. The minimum absolute atomic E-state index is 0.0210. The molecule has 0 spiro atoms. The van der Waals surface area contributed by atoms with E-state index in [1.165, 1.54) is 28.5 Å². The average molecular weight is 354 g/mol. The lowest BCUT2D eigenvalue weighted by Crippen LogP contribution is -3.08. The first-order valence-electron chi connectivity index (χ1n) is 8.25. The van der Waals surface area contributed by atoms with E-state index < -0.39 is 0 Å². The van der Waals surface area contributed by atoms with Crippen LogP contribution in [0.5, 0.6) is 0 Å². The number of carbonyl (C=O) groups is 1. The first-order chi connectivity index (χ1) is 12.0. The van der Waals surface area contributed by atoms with Gasteiger partial charge in [-0.2, -0.15) is 5.26 Å². The molecule has 130 valence electrons. The molecule has 4 nitrogen and oxygen atoms in total. The molecule has 0 radical (unpaired) electrons. The molecule has 0 aliphatic heterocycles. The van der Waals surface area contributed by atoms with Crippen molar-refractivity contribution in [2.75, 3.05) is 24.7 Å². The molecule has 1 amide bonds. The molecule has 5 heteroatoms. The van der Waals surface area contributed by atoms with Crippen LogP contribution in [-0.2, 0) is 11.3 Å². The quantitative estimate of drug-likeness (QED) is 0.752. The van der Waals surface area contributed by atoms with Crippen molar-refractivity contribution >= 4 is 23.4 Å². The number of rotatable bonds is 7. The molecule has 0 bridgehead atoms. The van der Waals surface area contributed by atoms with Gasteiger partial charge in [0.15, 0.2) is 6.54 Å². The number of nitrogens with one attached hydrogen (secondary N) is 2. The summed E-state index contributed by atoms with van der Waals surface area (Å²) in [6.07, 6.45) is 0. The molecule has 0 saturated heterocycles. The minimum atomic E-state index is -0.0210. The van der Waals surface area contributed by atoms with E-state index in [1.807, 2.05) is 31.3 Å². The summed E-state index contributed by atoms with van der Waals surface area (Å²) in [5.41, 5.74) is 4.55. The van der Waals surface area contributed by atoms with Gasteiger partial charge >= 0.3 is 0 Å². The third kappa shape index (κ3) is 5.93. The highest BCUT2D eigenvalue weighted by molar-refractivity contribution is 7.99. The molecule has 1 unspecified atom stereocenters. The SMILES string of the molecule is Cc1ccc(C[NH+](C)CC(=O)Nc2ccccc2SCC#N)c(C)c1. The lowest BCUT2D eigenvalue weighted by Gasteiger charge is -2.16. The number of anilines is 1. The zero-order valence-corrected chi connectivity index (χ0v) is 15.7. The maximum atomic E-state index is 12.4. The van der Waals surface area contributed by atoms with E-state index in [4.69, 9.17) is 5.26 Å². The van der Waals surface area contributed by atoms with Crippen molar-refractivity contribution in [2.24, 2.45) is 0 Å². The molecule has 1 atom stereocenters. The van der Waals surface area contributed by atoms with Gasteiger partial charge in [-0.05, 0) is 31.5 Å². The Hall–Kier alpha value is -2.29. The van der Waals surface area contributed by atoms with Gasteiger partial charge in [-0.3, -0.25) is 4.79 Å². The largest absolute Gasteiger partial charge is 0.326 e. The summed E-state index contributed by atoms with van der Waals surface area (Å²) in [6, 6.07) is 16.1. The van der Waals surface area contributed by atoms with Crippen LogP contribution in [0.15, 0.2) is 47.4 Å². The molecule has 25 heavy (non-hydrogen) atoms. The summed E-state index contributed by atoms with van der Waals surface area (Å²) in [7, 11) is 2.02. The van der Waals surface area contributed by atoms with Gasteiger partial charge in [0.25, 0.3) is 5.91 Å². The van der Waals surface area contributed by atoms with Crippen LogP contribution in [0.4, 0.5) is 5.69 Å². The van der Waals surface area contributed by atoms with Crippen LogP contribution in [0.25, 0.3) is 0 Å². The third-order valence-electron chi connectivity index (χ3n) is 3.91. The monoisotopic (exact) mass is 354 g/mol. The van der Waals surface area contributed by atoms with Crippen LogP contribution >= 0.6 is 11.8 Å². The molecule has 2 aromatic carbocycles. The van der Waals surface area contributed by atoms with Crippen molar-refractivity contribution < 1.29 is 9.69 Å². The van der Waals surface area contributed by atoms with Crippen molar-refractivity contribution in [3.8, 4) is 6.07 Å². The Morgan fingerprint density at radius 1 is 1.24 bits per heavy atom. The molecular formula is C20H24N3OS+. The normalized spacial score (nSPS) is 11.6. The van der Waals surface area contributed by atoms with Gasteiger partial charge in [0, 0.05) is 10.5 Å². The highest BCUT2D eigenvalue weighted by Crippen LogP contribution is 2.26. The number of benzene rings is 2. The van der Waals surface area contributed by atoms with Crippen LogP contribution in [-0.4, -0.2) is 25.3 Å². The molecule has 0 fully saturated rings. The Labute approximate surface area is 153 Å². The number of aryl methyl sites for hydroxylation is 2. The molecule has 0 aromatic heterocycles. The van der Waals surface area contributed by atoms with Crippen LogP contribution in [0, 0.1) is 25.2 Å². The number of quaternary nitrogens is 1. The Morgan fingerprint density at radius 3 is 2.72 bits per heavy atom. The van der Waals surface area contributed by atoms with Crippen LogP contribution < -0.4 is 10.2 Å². The number of carbonyl (C=O) groups excluding carboxylic acids is 1. The molecule has 0 heterocycles. The van der Waals surface area contributed by atoms with Gasteiger partial charge in [0.05, 0.1) is 24.6 Å². The van der Waals surface area contributed by atoms with Gasteiger partial charge in [0.2, 0.25) is 0 Å². The maximum absolute atomic E-state index is 12.4. The number of nitrogens with zero attached hydrogens (tertiary/aromatic N) is 1. The predicted molar refractivity (Wildman–Crippen MR) is 103 cm³/mol. The molecule has 2 rings (SSSR count). The zero-order chi connectivity index (χ0) is 18.2. The second-order valence-electron chi connectivity index (χ2n) is 6.23. The Morgan fingerprint density at radius 2 is 2.00 bits per heavy atom. The van der Waals surface area contributed by atoms with Crippen molar-refractivity contribution in [3.05, 3.63) is 59.2 Å². The average Bonchev–Trinajstić information content (AvgIpc) is 2.56. The molecule has 2 N–H and O–H groups in total. The van der Waals surface area contributed by atoms with E-state index in [1.54, 1.807) is 0 Å². The Kier molecular flexibility index (Phi) is 7.05. The van der Waals surface area contributed by atoms with Crippen molar-refractivity contribution in [2.45, 2.75) is 25.3 Å². The molecule has 0 aliphatic rings. The molecule has 0 aliphatic carbocycles. The number of hydrogen-bond acceptors (Lipinski definition) is 3. The standard InChI is InChI=1S/C20H23N3OS/c1-15-8-9-17(16(2)12-15)13-23(3)14-20(24)22-18-6-4-5-7-19(18)25-11-10-21/h4-9,12H,11,13-14H2,1-3H3,(H,22,24)/p+1. The van der Waals surface area contributed by atoms with Crippen molar-refractivity contribution in [3.63, 3.8) is 0 Å². The van der Waals surface area contributed by atoms with E-state index in [0.29, 0.717) is 12.3 Å². The fourth-order valence-electron chi connectivity index (χ4n) is 2.71. The second-order valence-corrected chi connectivity index (χ2v) is 7.25. The highest BCUT2D eigenvalue weighted by Gasteiger charge is 2.13. The third-order valence-corrected chi connectivity index (χ3v) is 4.85. The van der Waals surface area contributed by atoms with Crippen LogP contribution in [0.1, 0.15) is 16.7 Å². The topological polar surface area (TPSA) is 57.3 Å². The number of thioether (sulfide) groups is 1. The Bertz CT molecular complexity index is 783. The van der Waals surface area contributed by atoms with Gasteiger partial charge in [-0.1, -0.05) is 35.9 Å². The van der Waals surface area contributed by atoms with Gasteiger partial charge in [0.1, 0.15) is 6.54 Å². The van der Waals surface area contributed by atoms with E-state index in [9.17, 15) is 4.79 Å². The lowest BCUT2D eigenvalue weighted by molar-refractivity contribution is -0.885. The van der Waals surface area contributed by atoms with Gasteiger partial charge < -0.3 is 10.2 Å². The summed E-state index contributed by atoms with van der Waals surface area (Å²) < 4.78 is 0. The predicted octanol–water partition coefficient (Wildman–Crippen LogP) is 2.57. The van der Waals surface area contributed by atoms with E-state index in [0.717, 1.165) is 22.0 Å². The molecule has 2 aromatic rings. The summed E-state index contributed by atoms with van der Waals surface area (Å²) in [5, 5.41) is 11.7. The zero-order valence-electron chi connectivity index (χ0n) is 14.9. The molecule has 0 saturated carbocycles. The minimum Gasteiger partial charge on any atom is -0.326 e. The Balaban J connectivity index is 1.95. The van der Waals surface area contributed by atoms with Crippen LogP contribution in [0.3, 0.4) is 0 Å². The summed E-state index contributed by atoms with van der Waals surface area (Å²) in [5.74, 6) is 0.345. The summed E-state index contributed by atoms with van der Waals surface area (Å²) in [4.78, 5) is 14.4.